The highest BCUT2D eigenvalue weighted by atomic mass is 35.5. The number of nitrogens with one attached hydrogen (secondary N) is 2. The summed E-state index contributed by atoms with van der Waals surface area (Å²) in [4.78, 5) is 27.7. The highest BCUT2D eigenvalue weighted by molar-refractivity contribution is 6.41. The summed E-state index contributed by atoms with van der Waals surface area (Å²) < 4.78 is 11.1. The molecule has 7 nitrogen and oxygen atoms in total. The summed E-state index contributed by atoms with van der Waals surface area (Å²) in [6.07, 6.45) is 2.03. The lowest BCUT2D eigenvalue weighted by Gasteiger charge is -2.12. The lowest BCUT2D eigenvalue weighted by atomic mass is 10.1. The van der Waals surface area contributed by atoms with E-state index >= 15 is 0 Å². The van der Waals surface area contributed by atoms with Gasteiger partial charge in [0, 0.05) is 12.7 Å². The molecule has 2 amide bonds. The minimum absolute atomic E-state index is 0.122. The number of nitrogens with zero attached hydrogens (tertiary/aromatic N) is 1. The molecule has 0 spiro atoms. The largest absolute Gasteiger partial charge is 0.490 e. The van der Waals surface area contributed by atoms with Crippen LogP contribution in [0.4, 0.5) is 5.69 Å². The van der Waals surface area contributed by atoms with Gasteiger partial charge < -0.3 is 20.1 Å². The first-order valence-corrected chi connectivity index (χ1v) is 9.01. The molecule has 0 aliphatic heterocycles. The van der Waals surface area contributed by atoms with Gasteiger partial charge in [-0.3, -0.25) is 9.59 Å². The molecule has 27 heavy (non-hydrogen) atoms. The lowest BCUT2D eigenvalue weighted by Crippen LogP contribution is -2.36. The number of carbonyl (C=O) groups excluding carboxylic acids is 2. The van der Waals surface area contributed by atoms with Gasteiger partial charge in [-0.2, -0.15) is 0 Å². The van der Waals surface area contributed by atoms with E-state index in [2.05, 4.69) is 15.6 Å². The number of anilines is 1. The first kappa shape index (κ1) is 20.5. The van der Waals surface area contributed by atoms with Crippen molar-refractivity contribution in [3.8, 4) is 11.5 Å². The zero-order chi connectivity index (χ0) is 19.6. The monoisotopic (exact) mass is 391 g/mol. The Morgan fingerprint density at radius 3 is 2.52 bits per heavy atom. The number of rotatable bonds is 8. The van der Waals surface area contributed by atoms with E-state index in [4.69, 9.17) is 21.1 Å². The third-order valence-electron chi connectivity index (χ3n) is 3.52. The molecule has 0 fully saturated rings. The minimum Gasteiger partial charge on any atom is -0.490 e. The molecule has 0 aliphatic carbocycles. The molecule has 0 radical (unpaired) electrons. The predicted molar refractivity (Wildman–Crippen MR) is 103 cm³/mol. The van der Waals surface area contributed by atoms with Crippen LogP contribution in [0.5, 0.6) is 11.5 Å². The number of carbonyl (C=O) groups is 2. The fraction of sp³-hybridized carbons (Fsp3) is 0.316. The number of hydrogen-bond acceptors (Lipinski definition) is 5. The van der Waals surface area contributed by atoms with Gasteiger partial charge in [-0.15, -0.1) is 0 Å². The molecule has 1 aromatic carbocycles. The van der Waals surface area contributed by atoms with Gasteiger partial charge in [-0.1, -0.05) is 17.7 Å². The Kier molecular flexibility index (Phi) is 7.88. The molecule has 0 atom stereocenters. The molecule has 2 rings (SSSR count). The molecule has 1 aromatic heterocycles. The van der Waals surface area contributed by atoms with Crippen LogP contribution in [-0.4, -0.2) is 36.6 Å². The quantitative estimate of drug-likeness (QED) is 0.533. The Morgan fingerprint density at radius 1 is 1.07 bits per heavy atom. The Balaban J connectivity index is 1.88. The number of hydrogen-bond donors (Lipinski definition) is 2. The van der Waals surface area contributed by atoms with Crippen LogP contribution in [0.1, 0.15) is 19.4 Å². The third kappa shape index (κ3) is 6.14. The second-order valence-electron chi connectivity index (χ2n) is 5.45. The molecule has 144 valence electrons. The average molecular weight is 392 g/mol. The fourth-order valence-electron chi connectivity index (χ4n) is 2.31. The molecule has 0 unspecified atom stereocenters. The van der Waals surface area contributed by atoms with Crippen molar-refractivity contribution in [3.63, 3.8) is 0 Å². The van der Waals surface area contributed by atoms with Crippen LogP contribution in [0.25, 0.3) is 0 Å². The number of pyridine rings is 1. The van der Waals surface area contributed by atoms with Gasteiger partial charge in [0.25, 0.3) is 0 Å². The second-order valence-corrected chi connectivity index (χ2v) is 5.81. The standard InChI is InChI=1S/C19H22ClN3O4/c1-3-26-15-8-7-13(12-16(15)27-4-2)9-11-22-18(24)19(25)23-14-6-5-10-21-17(14)20/h5-8,10,12H,3-4,9,11H2,1-2H3,(H,22,24)(H,23,25). The van der Waals surface area contributed by atoms with E-state index in [1.165, 1.54) is 6.20 Å². The van der Waals surface area contributed by atoms with Gasteiger partial charge in [0.05, 0.1) is 18.9 Å². The van der Waals surface area contributed by atoms with Crippen molar-refractivity contribution in [2.45, 2.75) is 20.3 Å². The summed E-state index contributed by atoms with van der Waals surface area (Å²) in [5.41, 5.74) is 1.24. The Labute approximate surface area is 163 Å². The normalized spacial score (nSPS) is 10.2. The van der Waals surface area contributed by atoms with Gasteiger partial charge in [-0.25, -0.2) is 4.98 Å². The summed E-state index contributed by atoms with van der Waals surface area (Å²) in [5.74, 6) is -0.204. The molecular weight excluding hydrogens is 370 g/mol. The predicted octanol–water partition coefficient (Wildman–Crippen LogP) is 2.83. The number of amides is 2. The fourth-order valence-corrected chi connectivity index (χ4v) is 2.48. The van der Waals surface area contributed by atoms with Crippen LogP contribution in [0.15, 0.2) is 36.5 Å². The van der Waals surface area contributed by atoms with Gasteiger partial charge >= 0.3 is 11.8 Å². The molecule has 1 heterocycles. The molecule has 0 saturated heterocycles. The Bertz CT molecular complexity index is 798. The summed E-state index contributed by atoms with van der Waals surface area (Å²) >= 11 is 5.85. The smallest absolute Gasteiger partial charge is 0.313 e. The van der Waals surface area contributed by atoms with Crippen LogP contribution in [0.2, 0.25) is 5.15 Å². The van der Waals surface area contributed by atoms with Crippen LogP contribution in [-0.2, 0) is 16.0 Å². The number of halogens is 1. The van der Waals surface area contributed by atoms with Gasteiger partial charge in [0.15, 0.2) is 16.7 Å². The number of aromatic nitrogens is 1. The van der Waals surface area contributed by atoms with Crippen LogP contribution >= 0.6 is 11.6 Å². The van der Waals surface area contributed by atoms with Crippen LogP contribution in [0.3, 0.4) is 0 Å². The van der Waals surface area contributed by atoms with Crippen LogP contribution < -0.4 is 20.1 Å². The summed E-state index contributed by atoms with van der Waals surface area (Å²) in [6, 6.07) is 8.78. The van der Waals surface area contributed by atoms with Crippen molar-refractivity contribution in [2.24, 2.45) is 0 Å². The summed E-state index contributed by atoms with van der Waals surface area (Å²) in [7, 11) is 0. The Hall–Kier alpha value is -2.80. The van der Waals surface area contributed by atoms with Crippen molar-refractivity contribution in [1.29, 1.82) is 0 Å². The first-order chi connectivity index (χ1) is 13.0. The van der Waals surface area contributed by atoms with E-state index in [-0.39, 0.29) is 10.8 Å². The number of benzene rings is 1. The average Bonchev–Trinajstić information content (AvgIpc) is 2.66. The van der Waals surface area contributed by atoms with Crippen molar-refractivity contribution in [1.82, 2.24) is 10.3 Å². The third-order valence-corrected chi connectivity index (χ3v) is 3.82. The van der Waals surface area contributed by atoms with Gasteiger partial charge in [-0.05, 0) is 50.1 Å². The zero-order valence-electron chi connectivity index (χ0n) is 15.3. The second kappa shape index (κ2) is 10.4. The molecule has 0 aliphatic rings. The highest BCUT2D eigenvalue weighted by Gasteiger charge is 2.15. The van der Waals surface area contributed by atoms with E-state index in [0.29, 0.717) is 37.7 Å². The minimum atomic E-state index is -0.799. The Morgan fingerprint density at radius 2 is 1.81 bits per heavy atom. The van der Waals surface area contributed by atoms with Crippen molar-refractivity contribution in [3.05, 3.63) is 47.2 Å². The maximum Gasteiger partial charge on any atom is 0.313 e. The van der Waals surface area contributed by atoms with Gasteiger partial charge in [0.2, 0.25) is 0 Å². The molecule has 0 bridgehead atoms. The van der Waals surface area contributed by atoms with E-state index in [1.807, 2.05) is 32.0 Å². The zero-order valence-corrected chi connectivity index (χ0v) is 16.0. The molecule has 2 N–H and O–H groups in total. The maximum absolute atomic E-state index is 11.9. The first-order valence-electron chi connectivity index (χ1n) is 8.63. The molecule has 8 heteroatoms. The lowest BCUT2D eigenvalue weighted by molar-refractivity contribution is -0.136. The topological polar surface area (TPSA) is 89.5 Å². The van der Waals surface area contributed by atoms with Crippen molar-refractivity contribution >= 4 is 29.1 Å². The summed E-state index contributed by atoms with van der Waals surface area (Å²) in [6.45, 7) is 5.17. The van der Waals surface area contributed by atoms with Crippen molar-refractivity contribution < 1.29 is 19.1 Å². The maximum atomic E-state index is 11.9. The van der Waals surface area contributed by atoms with E-state index < -0.39 is 11.8 Å². The van der Waals surface area contributed by atoms with Gasteiger partial charge in [0.1, 0.15) is 0 Å². The molecular formula is C19H22ClN3O4. The molecule has 0 saturated carbocycles. The van der Waals surface area contributed by atoms with Crippen molar-refractivity contribution in [2.75, 3.05) is 25.1 Å². The van der Waals surface area contributed by atoms with E-state index in [1.54, 1.807) is 12.1 Å². The summed E-state index contributed by atoms with van der Waals surface area (Å²) in [5, 5.41) is 5.12. The van der Waals surface area contributed by atoms with E-state index in [0.717, 1.165) is 5.56 Å². The molecule has 2 aromatic rings. The SMILES string of the molecule is CCOc1ccc(CCNC(=O)C(=O)Nc2cccnc2Cl)cc1OCC. The van der Waals surface area contributed by atoms with Crippen LogP contribution in [0, 0.1) is 0 Å². The highest BCUT2D eigenvalue weighted by Crippen LogP contribution is 2.28. The van der Waals surface area contributed by atoms with E-state index in [9.17, 15) is 9.59 Å². The number of ether oxygens (including phenoxy) is 2.